The van der Waals surface area contributed by atoms with E-state index in [-0.39, 0.29) is 5.78 Å². The Balaban J connectivity index is 3.00. The lowest BCUT2D eigenvalue weighted by atomic mass is 9.89. The fourth-order valence-corrected chi connectivity index (χ4v) is 2.12. The molecule has 1 rings (SSSR count). The molecule has 1 aromatic rings. The second kappa shape index (κ2) is 5.30. The third-order valence-electron chi connectivity index (χ3n) is 3.38. The van der Waals surface area contributed by atoms with E-state index in [1.54, 1.807) is 18.4 Å². The number of furan rings is 1. The number of Topliss-reactive ketones (excluding diaryl/α,β-unsaturated/α-hetero) is 1. The van der Waals surface area contributed by atoms with E-state index < -0.39 is 5.54 Å². The molecule has 0 aliphatic carbocycles. The van der Waals surface area contributed by atoms with Crippen LogP contribution in [0.5, 0.6) is 0 Å². The van der Waals surface area contributed by atoms with Gasteiger partial charge in [0.05, 0.1) is 11.8 Å². The summed E-state index contributed by atoms with van der Waals surface area (Å²) < 4.78 is 5.21. The highest BCUT2D eigenvalue weighted by molar-refractivity contribution is 6.00. The third kappa shape index (κ3) is 2.19. The summed E-state index contributed by atoms with van der Waals surface area (Å²) in [5, 5.41) is 0. The van der Waals surface area contributed by atoms with Crippen molar-refractivity contribution in [2.75, 3.05) is 13.1 Å². The van der Waals surface area contributed by atoms with Crippen LogP contribution in [0, 0.1) is 0 Å². The fourth-order valence-electron chi connectivity index (χ4n) is 2.12. The van der Waals surface area contributed by atoms with Crippen LogP contribution in [0.3, 0.4) is 0 Å². The first kappa shape index (κ1) is 13.0. The monoisotopic (exact) mass is 223 g/mol. The van der Waals surface area contributed by atoms with Crippen LogP contribution in [-0.2, 0) is 0 Å². The molecule has 90 valence electrons. The summed E-state index contributed by atoms with van der Waals surface area (Å²) in [6, 6.07) is 3.49. The quantitative estimate of drug-likeness (QED) is 0.695. The van der Waals surface area contributed by atoms with E-state index in [0.29, 0.717) is 5.76 Å². The van der Waals surface area contributed by atoms with Gasteiger partial charge >= 0.3 is 0 Å². The summed E-state index contributed by atoms with van der Waals surface area (Å²) in [4.78, 5) is 14.6. The smallest absolute Gasteiger partial charge is 0.217 e. The zero-order valence-corrected chi connectivity index (χ0v) is 10.6. The minimum atomic E-state index is -0.457. The van der Waals surface area contributed by atoms with Gasteiger partial charge in [-0.2, -0.15) is 0 Å². The Bertz CT molecular complexity index is 328. The second-order valence-electron chi connectivity index (χ2n) is 4.11. The van der Waals surface area contributed by atoms with Crippen LogP contribution in [0.25, 0.3) is 0 Å². The predicted octanol–water partition coefficient (Wildman–Crippen LogP) is 2.97. The van der Waals surface area contributed by atoms with Crippen molar-refractivity contribution in [3.8, 4) is 0 Å². The second-order valence-corrected chi connectivity index (χ2v) is 4.11. The van der Waals surface area contributed by atoms with Crippen molar-refractivity contribution >= 4 is 5.78 Å². The zero-order chi connectivity index (χ0) is 12.2. The molecule has 0 aromatic carbocycles. The van der Waals surface area contributed by atoms with Crippen LogP contribution in [0.1, 0.15) is 44.7 Å². The average Bonchev–Trinajstić information content (AvgIpc) is 2.82. The van der Waals surface area contributed by atoms with E-state index in [9.17, 15) is 4.79 Å². The van der Waals surface area contributed by atoms with Crippen molar-refractivity contribution < 1.29 is 9.21 Å². The van der Waals surface area contributed by atoms with Gasteiger partial charge in [-0.05, 0) is 38.6 Å². The zero-order valence-electron chi connectivity index (χ0n) is 10.6. The standard InChI is InChI=1S/C13H21NO2/c1-5-13(4,14(6-2)7-3)12(15)11-9-8-10-16-11/h8-10H,5-7H2,1-4H3. The molecule has 1 atom stereocenters. The molecule has 1 aromatic heterocycles. The van der Waals surface area contributed by atoms with Gasteiger partial charge in [0.25, 0.3) is 0 Å². The molecule has 0 fully saturated rings. The Hall–Kier alpha value is -1.09. The third-order valence-corrected chi connectivity index (χ3v) is 3.38. The Morgan fingerprint density at radius 2 is 2.00 bits per heavy atom. The summed E-state index contributed by atoms with van der Waals surface area (Å²) in [5.41, 5.74) is -0.457. The molecule has 1 heterocycles. The Morgan fingerprint density at radius 1 is 1.38 bits per heavy atom. The van der Waals surface area contributed by atoms with Gasteiger partial charge in [-0.15, -0.1) is 0 Å². The van der Waals surface area contributed by atoms with Gasteiger partial charge in [-0.3, -0.25) is 9.69 Å². The molecule has 16 heavy (non-hydrogen) atoms. The number of carbonyl (C=O) groups is 1. The molecule has 0 N–H and O–H groups in total. The highest BCUT2D eigenvalue weighted by atomic mass is 16.3. The summed E-state index contributed by atoms with van der Waals surface area (Å²) in [7, 11) is 0. The van der Waals surface area contributed by atoms with Crippen LogP contribution < -0.4 is 0 Å². The SMILES string of the molecule is CCN(CC)C(C)(CC)C(=O)c1ccco1. The Morgan fingerprint density at radius 3 is 2.38 bits per heavy atom. The Labute approximate surface area is 97.4 Å². The maximum absolute atomic E-state index is 12.4. The van der Waals surface area contributed by atoms with Gasteiger partial charge in [0, 0.05) is 0 Å². The molecule has 3 heteroatoms. The molecule has 3 nitrogen and oxygen atoms in total. The topological polar surface area (TPSA) is 33.5 Å². The number of hydrogen-bond acceptors (Lipinski definition) is 3. The first-order valence-electron chi connectivity index (χ1n) is 5.93. The van der Waals surface area contributed by atoms with Crippen LogP contribution in [0.4, 0.5) is 0 Å². The van der Waals surface area contributed by atoms with Crippen LogP contribution in [-0.4, -0.2) is 29.3 Å². The molecule has 0 spiro atoms. The first-order chi connectivity index (χ1) is 7.60. The van der Waals surface area contributed by atoms with E-state index in [0.717, 1.165) is 19.5 Å². The number of likely N-dealkylation sites (N-methyl/N-ethyl adjacent to an activating group) is 1. The lowest BCUT2D eigenvalue weighted by Crippen LogP contribution is -2.51. The fraction of sp³-hybridized carbons (Fsp3) is 0.615. The Kier molecular flexibility index (Phi) is 4.30. The number of rotatable bonds is 6. The van der Waals surface area contributed by atoms with Gasteiger partial charge in [-0.1, -0.05) is 20.8 Å². The molecule has 1 unspecified atom stereocenters. The summed E-state index contributed by atoms with van der Waals surface area (Å²) in [6.45, 7) is 9.92. The van der Waals surface area contributed by atoms with Gasteiger partial charge < -0.3 is 4.42 Å². The number of nitrogens with zero attached hydrogens (tertiary/aromatic N) is 1. The van der Waals surface area contributed by atoms with Gasteiger partial charge in [-0.25, -0.2) is 0 Å². The van der Waals surface area contributed by atoms with E-state index in [1.165, 1.54) is 0 Å². The highest BCUT2D eigenvalue weighted by Gasteiger charge is 2.37. The number of ketones is 1. The van der Waals surface area contributed by atoms with Crippen molar-refractivity contribution in [2.24, 2.45) is 0 Å². The van der Waals surface area contributed by atoms with Crippen molar-refractivity contribution in [2.45, 2.75) is 39.7 Å². The molecule has 0 saturated carbocycles. The summed E-state index contributed by atoms with van der Waals surface area (Å²) in [5.74, 6) is 0.528. The van der Waals surface area contributed by atoms with Crippen molar-refractivity contribution in [3.63, 3.8) is 0 Å². The normalized spacial score (nSPS) is 15.1. The lowest BCUT2D eigenvalue weighted by molar-refractivity contribution is 0.0578. The lowest BCUT2D eigenvalue weighted by Gasteiger charge is -2.37. The molecule has 0 bridgehead atoms. The average molecular weight is 223 g/mol. The molecular weight excluding hydrogens is 202 g/mol. The van der Waals surface area contributed by atoms with E-state index in [4.69, 9.17) is 4.42 Å². The van der Waals surface area contributed by atoms with Crippen molar-refractivity contribution in [1.29, 1.82) is 0 Å². The number of carbonyl (C=O) groups excluding carboxylic acids is 1. The molecule has 0 aliphatic heterocycles. The predicted molar refractivity (Wildman–Crippen MR) is 64.7 cm³/mol. The van der Waals surface area contributed by atoms with Crippen LogP contribution in [0.2, 0.25) is 0 Å². The number of hydrogen-bond donors (Lipinski definition) is 0. The maximum atomic E-state index is 12.4. The minimum Gasteiger partial charge on any atom is -0.461 e. The van der Waals surface area contributed by atoms with Crippen molar-refractivity contribution in [1.82, 2.24) is 4.90 Å². The van der Waals surface area contributed by atoms with Gasteiger partial charge in [0.1, 0.15) is 0 Å². The molecule has 0 aliphatic rings. The molecule has 0 amide bonds. The molecule has 0 saturated heterocycles. The molecular formula is C13H21NO2. The minimum absolute atomic E-state index is 0.0729. The van der Waals surface area contributed by atoms with Crippen LogP contribution >= 0.6 is 0 Å². The van der Waals surface area contributed by atoms with E-state index in [2.05, 4.69) is 18.7 Å². The van der Waals surface area contributed by atoms with Gasteiger partial charge in [0.2, 0.25) is 5.78 Å². The molecule has 0 radical (unpaired) electrons. The largest absolute Gasteiger partial charge is 0.461 e. The van der Waals surface area contributed by atoms with E-state index in [1.807, 2.05) is 13.8 Å². The van der Waals surface area contributed by atoms with E-state index >= 15 is 0 Å². The summed E-state index contributed by atoms with van der Waals surface area (Å²) >= 11 is 0. The van der Waals surface area contributed by atoms with Crippen LogP contribution in [0.15, 0.2) is 22.8 Å². The maximum Gasteiger partial charge on any atom is 0.217 e. The van der Waals surface area contributed by atoms with Gasteiger partial charge in [0.15, 0.2) is 5.76 Å². The summed E-state index contributed by atoms with van der Waals surface area (Å²) in [6.07, 6.45) is 2.33. The first-order valence-corrected chi connectivity index (χ1v) is 5.93. The van der Waals surface area contributed by atoms with Crippen molar-refractivity contribution in [3.05, 3.63) is 24.2 Å². The highest BCUT2D eigenvalue weighted by Crippen LogP contribution is 2.24.